The van der Waals surface area contributed by atoms with Crippen molar-refractivity contribution in [3.8, 4) is 0 Å². The van der Waals surface area contributed by atoms with Crippen LogP contribution < -0.4 is 11.5 Å². The maximum Gasteiger partial charge on any atom is 0.161 e. The predicted octanol–water partition coefficient (Wildman–Crippen LogP) is 0.0551. The van der Waals surface area contributed by atoms with Gasteiger partial charge in [-0.2, -0.15) is 0 Å². The molecular formula is C9H16N2O2. The average Bonchev–Trinajstić information content (AvgIpc) is 2.05. The van der Waals surface area contributed by atoms with Crippen molar-refractivity contribution in [2.45, 2.75) is 6.92 Å². The van der Waals surface area contributed by atoms with Gasteiger partial charge in [0.15, 0.2) is 5.78 Å². The van der Waals surface area contributed by atoms with Crippen molar-refractivity contribution < 1.29 is 9.90 Å². The largest absolute Gasteiger partial charge is 0.400 e. The van der Waals surface area contributed by atoms with E-state index in [0.717, 1.165) is 7.11 Å². The van der Waals surface area contributed by atoms with Gasteiger partial charge in [-0.05, 0) is 13.0 Å². The van der Waals surface area contributed by atoms with E-state index >= 15 is 0 Å². The highest BCUT2D eigenvalue weighted by molar-refractivity contribution is 5.96. The van der Waals surface area contributed by atoms with E-state index in [1.54, 1.807) is 0 Å². The zero-order valence-electron chi connectivity index (χ0n) is 8.00. The summed E-state index contributed by atoms with van der Waals surface area (Å²) in [4.78, 5) is 10.7. The molecule has 74 valence electrons. The molecule has 0 fully saturated rings. The van der Waals surface area contributed by atoms with Crippen molar-refractivity contribution in [1.29, 1.82) is 0 Å². The minimum atomic E-state index is -0.167. The molecule has 4 heteroatoms. The van der Waals surface area contributed by atoms with Crippen LogP contribution in [0.4, 0.5) is 0 Å². The first-order valence-corrected chi connectivity index (χ1v) is 3.51. The number of Topliss-reactive ketones (excluding diaryl/α,β-unsaturated/α-hetero) is 1. The van der Waals surface area contributed by atoms with E-state index in [4.69, 9.17) is 16.6 Å². The third-order valence-electron chi connectivity index (χ3n) is 1.11. The molecular weight excluding hydrogens is 168 g/mol. The molecule has 0 aromatic heterocycles. The molecule has 0 saturated heterocycles. The van der Waals surface area contributed by atoms with Crippen LogP contribution in [0, 0.1) is 0 Å². The number of aliphatic hydroxyl groups excluding tert-OH is 1. The molecule has 0 aromatic rings. The van der Waals surface area contributed by atoms with E-state index in [-0.39, 0.29) is 17.1 Å². The Balaban J connectivity index is 0. The van der Waals surface area contributed by atoms with Gasteiger partial charge in [-0.3, -0.25) is 4.79 Å². The Labute approximate surface area is 78.2 Å². The van der Waals surface area contributed by atoms with Crippen molar-refractivity contribution in [2.24, 2.45) is 11.5 Å². The lowest BCUT2D eigenvalue weighted by atomic mass is 10.1. The molecule has 5 N–H and O–H groups in total. The van der Waals surface area contributed by atoms with Crippen LogP contribution in [0.3, 0.4) is 0 Å². The fourth-order valence-corrected chi connectivity index (χ4v) is 0.490. The van der Waals surface area contributed by atoms with E-state index in [0.29, 0.717) is 5.70 Å². The van der Waals surface area contributed by atoms with Crippen molar-refractivity contribution in [3.63, 3.8) is 0 Å². The maximum atomic E-state index is 10.7. The summed E-state index contributed by atoms with van der Waals surface area (Å²) >= 11 is 0. The molecule has 0 radical (unpaired) electrons. The number of allylic oxidation sites excluding steroid dienone is 2. The smallest absolute Gasteiger partial charge is 0.161 e. The number of carbonyl (C=O) groups excluding carboxylic acids is 1. The summed E-state index contributed by atoms with van der Waals surface area (Å²) in [7, 11) is 1.00. The second kappa shape index (κ2) is 7.12. The molecule has 0 aliphatic rings. The molecule has 0 aromatic carbocycles. The summed E-state index contributed by atoms with van der Waals surface area (Å²) in [6, 6.07) is 0. The molecule has 0 bridgehead atoms. The first-order chi connectivity index (χ1) is 5.95. The van der Waals surface area contributed by atoms with Gasteiger partial charge in [0.05, 0.1) is 0 Å². The fraction of sp³-hybridized carbons (Fsp3) is 0.222. The van der Waals surface area contributed by atoms with E-state index in [9.17, 15) is 4.79 Å². The Kier molecular flexibility index (Phi) is 7.67. The third kappa shape index (κ3) is 6.83. The minimum absolute atomic E-state index is 0.167. The average molecular weight is 184 g/mol. The number of ketones is 1. The highest BCUT2D eigenvalue weighted by atomic mass is 16.2. The predicted molar refractivity (Wildman–Crippen MR) is 53.6 cm³/mol. The molecule has 13 heavy (non-hydrogen) atoms. The summed E-state index contributed by atoms with van der Waals surface area (Å²) in [5.74, 6) is -0.167. The van der Waals surface area contributed by atoms with Crippen LogP contribution >= 0.6 is 0 Å². The monoisotopic (exact) mass is 184 g/mol. The van der Waals surface area contributed by atoms with Gasteiger partial charge in [0, 0.05) is 24.1 Å². The molecule has 0 saturated carbocycles. The van der Waals surface area contributed by atoms with Crippen molar-refractivity contribution in [3.05, 3.63) is 36.2 Å². The number of rotatable bonds is 3. The molecule has 0 atom stereocenters. The van der Waals surface area contributed by atoms with E-state index < -0.39 is 0 Å². The zero-order valence-corrected chi connectivity index (χ0v) is 8.00. The lowest BCUT2D eigenvalue weighted by Gasteiger charge is -2.00. The van der Waals surface area contributed by atoms with Gasteiger partial charge < -0.3 is 16.6 Å². The van der Waals surface area contributed by atoms with Crippen LogP contribution in [0.5, 0.6) is 0 Å². The second-order valence-corrected chi connectivity index (χ2v) is 2.21. The van der Waals surface area contributed by atoms with Crippen LogP contribution in [0.25, 0.3) is 0 Å². The summed E-state index contributed by atoms with van der Waals surface area (Å²) in [6.07, 6.45) is 1.41. The van der Waals surface area contributed by atoms with Crippen LogP contribution in [0.15, 0.2) is 36.2 Å². The van der Waals surface area contributed by atoms with Gasteiger partial charge in [-0.1, -0.05) is 13.2 Å². The minimum Gasteiger partial charge on any atom is -0.400 e. The van der Waals surface area contributed by atoms with Gasteiger partial charge in [-0.25, -0.2) is 0 Å². The summed E-state index contributed by atoms with van der Waals surface area (Å²) in [5.41, 5.74) is 11.5. The molecule has 0 aliphatic carbocycles. The highest BCUT2D eigenvalue weighted by Crippen LogP contribution is 2.02. The molecule has 0 unspecified atom stereocenters. The first-order valence-electron chi connectivity index (χ1n) is 3.51. The standard InChI is InChI=1S/C8H12N2O.CH4O/c1-5(9)4-8(10)6(2)7(3)11;1-2/h4H,1-2,9-10H2,3H3;2H,1H3/b8-4+;. The van der Waals surface area contributed by atoms with E-state index in [1.165, 1.54) is 13.0 Å². The van der Waals surface area contributed by atoms with E-state index in [2.05, 4.69) is 13.2 Å². The first kappa shape index (κ1) is 14.0. The number of aliphatic hydroxyl groups is 1. The van der Waals surface area contributed by atoms with Crippen LogP contribution in [0.1, 0.15) is 6.92 Å². The second-order valence-electron chi connectivity index (χ2n) is 2.21. The molecule has 4 nitrogen and oxygen atoms in total. The highest BCUT2D eigenvalue weighted by Gasteiger charge is 2.02. The SMILES string of the molecule is C=C(N)/C=C(/N)C(=C)C(C)=O.CO. The van der Waals surface area contributed by atoms with Crippen LogP contribution in [-0.4, -0.2) is 18.0 Å². The Morgan fingerprint density at radius 2 is 1.69 bits per heavy atom. The Morgan fingerprint density at radius 1 is 1.31 bits per heavy atom. The third-order valence-corrected chi connectivity index (χ3v) is 1.11. The Hall–Kier alpha value is -1.55. The van der Waals surface area contributed by atoms with Gasteiger partial charge in [-0.15, -0.1) is 0 Å². The summed E-state index contributed by atoms with van der Waals surface area (Å²) < 4.78 is 0. The fourth-order valence-electron chi connectivity index (χ4n) is 0.490. The zero-order chi connectivity index (χ0) is 11.0. The van der Waals surface area contributed by atoms with Gasteiger partial charge in [0.25, 0.3) is 0 Å². The van der Waals surface area contributed by atoms with Crippen molar-refractivity contribution >= 4 is 5.78 Å². The quantitative estimate of drug-likeness (QED) is 0.427. The molecule has 0 heterocycles. The van der Waals surface area contributed by atoms with Crippen molar-refractivity contribution in [1.82, 2.24) is 0 Å². The summed E-state index contributed by atoms with van der Waals surface area (Å²) in [5, 5.41) is 7.00. The molecule has 0 amide bonds. The molecule has 0 aliphatic heterocycles. The Morgan fingerprint density at radius 3 is 1.92 bits per heavy atom. The lowest BCUT2D eigenvalue weighted by Crippen LogP contribution is -2.08. The molecule has 0 spiro atoms. The van der Waals surface area contributed by atoms with Crippen LogP contribution in [0.2, 0.25) is 0 Å². The Bertz CT molecular complexity index is 242. The van der Waals surface area contributed by atoms with Gasteiger partial charge >= 0.3 is 0 Å². The number of hydrogen-bond donors (Lipinski definition) is 3. The van der Waals surface area contributed by atoms with E-state index in [1.807, 2.05) is 0 Å². The number of hydrogen-bond acceptors (Lipinski definition) is 4. The maximum absolute atomic E-state index is 10.7. The molecule has 0 rings (SSSR count). The van der Waals surface area contributed by atoms with Gasteiger partial charge in [0.1, 0.15) is 0 Å². The summed E-state index contributed by atoms with van der Waals surface area (Å²) in [6.45, 7) is 8.26. The van der Waals surface area contributed by atoms with Crippen LogP contribution in [-0.2, 0) is 4.79 Å². The normalized spacial score (nSPS) is 9.62. The lowest BCUT2D eigenvalue weighted by molar-refractivity contribution is -0.113. The van der Waals surface area contributed by atoms with Gasteiger partial charge in [0.2, 0.25) is 0 Å². The topological polar surface area (TPSA) is 89.3 Å². The van der Waals surface area contributed by atoms with Crippen molar-refractivity contribution in [2.75, 3.05) is 7.11 Å². The number of nitrogens with two attached hydrogens (primary N) is 2. The number of carbonyl (C=O) groups is 1.